The number of piperidine rings is 1. The van der Waals surface area contributed by atoms with Crippen molar-refractivity contribution in [2.75, 3.05) is 20.1 Å². The smallest absolute Gasteiger partial charge is 0.0930 e. The summed E-state index contributed by atoms with van der Waals surface area (Å²) in [5.74, 6) is 0.722. The molecule has 0 bridgehead atoms. The molecule has 2 unspecified atom stereocenters. The first-order chi connectivity index (χ1) is 11.9. The fraction of sp³-hybridized carbons (Fsp3) is 0.619. The molecule has 0 amide bonds. The summed E-state index contributed by atoms with van der Waals surface area (Å²) in [6, 6.07) is 7.17. The van der Waals surface area contributed by atoms with Crippen LogP contribution in [0.1, 0.15) is 58.1 Å². The molecule has 25 heavy (non-hydrogen) atoms. The van der Waals surface area contributed by atoms with Crippen LogP contribution in [0.15, 0.2) is 29.4 Å². The number of likely N-dealkylation sites (tertiary alicyclic amines) is 1. The van der Waals surface area contributed by atoms with E-state index in [-0.39, 0.29) is 5.54 Å². The molecule has 0 saturated carbocycles. The lowest BCUT2D eigenvalue weighted by Crippen LogP contribution is -2.47. The Balaban J connectivity index is 1.61. The zero-order valence-electron chi connectivity index (χ0n) is 16.0. The Kier molecular flexibility index (Phi) is 4.19. The average Bonchev–Trinajstić information content (AvgIpc) is 3.01. The third-order valence-electron chi connectivity index (χ3n) is 6.27. The van der Waals surface area contributed by atoms with Crippen molar-refractivity contribution in [3.63, 3.8) is 0 Å². The first-order valence-corrected chi connectivity index (χ1v) is 9.66. The zero-order valence-corrected chi connectivity index (χ0v) is 16.0. The number of rotatable bonds is 2. The molecule has 0 aliphatic carbocycles. The van der Waals surface area contributed by atoms with E-state index in [9.17, 15) is 0 Å². The number of hydrogen-bond donors (Lipinski definition) is 0. The molecule has 2 atom stereocenters. The lowest BCUT2D eigenvalue weighted by atomic mass is 9.87. The van der Waals surface area contributed by atoms with Gasteiger partial charge in [0.1, 0.15) is 0 Å². The van der Waals surface area contributed by atoms with E-state index in [1.54, 1.807) is 0 Å². The van der Waals surface area contributed by atoms with E-state index < -0.39 is 0 Å². The van der Waals surface area contributed by atoms with Crippen LogP contribution in [0.2, 0.25) is 0 Å². The zero-order chi connectivity index (χ0) is 17.6. The molecule has 1 aromatic carbocycles. The minimum absolute atomic E-state index is 0.236. The van der Waals surface area contributed by atoms with Crippen LogP contribution in [0.5, 0.6) is 0 Å². The highest BCUT2D eigenvalue weighted by molar-refractivity contribution is 6.03. The normalized spacial score (nSPS) is 27.4. The first kappa shape index (κ1) is 16.8. The van der Waals surface area contributed by atoms with E-state index in [2.05, 4.69) is 61.8 Å². The van der Waals surface area contributed by atoms with Crippen LogP contribution in [0.25, 0.3) is 10.9 Å². The Labute approximate surface area is 150 Å². The molecule has 2 aliphatic rings. The van der Waals surface area contributed by atoms with Crippen molar-refractivity contribution < 1.29 is 0 Å². The van der Waals surface area contributed by atoms with Crippen LogP contribution >= 0.6 is 0 Å². The third-order valence-corrected chi connectivity index (χ3v) is 6.27. The van der Waals surface area contributed by atoms with Gasteiger partial charge in [0, 0.05) is 35.9 Å². The van der Waals surface area contributed by atoms with Gasteiger partial charge in [-0.1, -0.05) is 19.1 Å². The standard InChI is InChI=1S/C21H30N4/c1-15-5-8-19(22-13-15)16-6-7-17-14-25(23-20(17)11-16)18-9-10-24(4)21(2,3)12-18/h6-7,11,14-15,18H,5,8-10,12-13H2,1-4H3. The predicted molar refractivity (Wildman–Crippen MR) is 105 cm³/mol. The summed E-state index contributed by atoms with van der Waals surface area (Å²) in [6.45, 7) is 9.06. The molecule has 3 heterocycles. The lowest BCUT2D eigenvalue weighted by Gasteiger charge is -2.43. The van der Waals surface area contributed by atoms with Crippen LogP contribution < -0.4 is 0 Å². The SMILES string of the molecule is CC1CCC(c2ccc3cn(C4CCN(C)C(C)(C)C4)nc3c2)=NC1. The van der Waals surface area contributed by atoms with Crippen molar-refractivity contribution in [1.82, 2.24) is 14.7 Å². The second-order valence-corrected chi connectivity index (χ2v) is 8.69. The van der Waals surface area contributed by atoms with E-state index in [0.29, 0.717) is 6.04 Å². The van der Waals surface area contributed by atoms with Crippen LogP contribution in [-0.4, -0.2) is 46.1 Å². The maximum atomic E-state index is 4.94. The first-order valence-electron chi connectivity index (χ1n) is 9.66. The van der Waals surface area contributed by atoms with Crippen molar-refractivity contribution in [3.8, 4) is 0 Å². The lowest BCUT2D eigenvalue weighted by molar-refractivity contribution is 0.0721. The van der Waals surface area contributed by atoms with Crippen LogP contribution in [0.3, 0.4) is 0 Å². The largest absolute Gasteiger partial charge is 0.301 e. The molecule has 4 rings (SSSR count). The summed E-state index contributed by atoms with van der Waals surface area (Å²) in [6.07, 6.45) is 6.89. The molecular formula is C21H30N4. The van der Waals surface area contributed by atoms with Crippen molar-refractivity contribution in [2.24, 2.45) is 10.9 Å². The number of nitrogens with zero attached hydrogens (tertiary/aromatic N) is 4. The number of hydrogen-bond acceptors (Lipinski definition) is 3. The summed E-state index contributed by atoms with van der Waals surface area (Å²) in [5, 5.41) is 6.18. The number of fused-ring (bicyclic) bond motifs is 1. The Hall–Kier alpha value is -1.68. The summed E-state index contributed by atoms with van der Waals surface area (Å²) < 4.78 is 2.22. The van der Waals surface area contributed by atoms with Gasteiger partial charge in [0.05, 0.1) is 11.6 Å². The second kappa shape index (κ2) is 6.24. The van der Waals surface area contributed by atoms with Crippen molar-refractivity contribution in [2.45, 2.75) is 58.0 Å². The Morgan fingerprint density at radius 2 is 2.04 bits per heavy atom. The third kappa shape index (κ3) is 3.24. The summed E-state index contributed by atoms with van der Waals surface area (Å²) in [4.78, 5) is 7.25. The quantitative estimate of drug-likeness (QED) is 0.818. The van der Waals surface area contributed by atoms with Gasteiger partial charge in [-0.3, -0.25) is 9.67 Å². The van der Waals surface area contributed by atoms with E-state index in [4.69, 9.17) is 10.1 Å². The molecule has 4 nitrogen and oxygen atoms in total. The van der Waals surface area contributed by atoms with Crippen LogP contribution in [-0.2, 0) is 0 Å². The highest BCUT2D eigenvalue weighted by atomic mass is 15.3. The van der Waals surface area contributed by atoms with Crippen molar-refractivity contribution in [1.29, 1.82) is 0 Å². The minimum Gasteiger partial charge on any atom is -0.301 e. The van der Waals surface area contributed by atoms with Gasteiger partial charge in [-0.05, 0) is 64.1 Å². The molecule has 1 fully saturated rings. The minimum atomic E-state index is 0.236. The van der Waals surface area contributed by atoms with Gasteiger partial charge in [-0.2, -0.15) is 5.10 Å². The van der Waals surface area contributed by atoms with Gasteiger partial charge in [0.25, 0.3) is 0 Å². The highest BCUT2D eigenvalue weighted by Crippen LogP contribution is 2.33. The van der Waals surface area contributed by atoms with Gasteiger partial charge >= 0.3 is 0 Å². The fourth-order valence-corrected chi connectivity index (χ4v) is 4.16. The molecule has 2 aromatic rings. The fourth-order valence-electron chi connectivity index (χ4n) is 4.16. The summed E-state index contributed by atoms with van der Waals surface area (Å²) in [7, 11) is 2.23. The second-order valence-electron chi connectivity index (χ2n) is 8.69. The maximum Gasteiger partial charge on any atom is 0.0930 e. The van der Waals surface area contributed by atoms with Gasteiger partial charge in [0.15, 0.2) is 0 Å². The molecule has 1 saturated heterocycles. The predicted octanol–water partition coefficient (Wildman–Crippen LogP) is 4.30. The van der Waals surface area contributed by atoms with Crippen molar-refractivity contribution in [3.05, 3.63) is 30.0 Å². The van der Waals surface area contributed by atoms with Crippen molar-refractivity contribution >= 4 is 16.6 Å². The summed E-state index contributed by atoms with van der Waals surface area (Å²) >= 11 is 0. The molecule has 0 spiro atoms. The van der Waals surface area contributed by atoms with Gasteiger partial charge in [0.2, 0.25) is 0 Å². The molecule has 0 radical (unpaired) electrons. The number of aliphatic imine (C=N–C) groups is 1. The number of aromatic nitrogens is 2. The maximum absolute atomic E-state index is 4.94. The molecule has 4 heteroatoms. The Morgan fingerprint density at radius 3 is 2.76 bits per heavy atom. The van der Waals surface area contributed by atoms with E-state index >= 15 is 0 Å². The van der Waals surface area contributed by atoms with Crippen LogP contribution in [0, 0.1) is 5.92 Å². The Morgan fingerprint density at radius 1 is 1.20 bits per heavy atom. The van der Waals surface area contributed by atoms with E-state index in [0.717, 1.165) is 37.4 Å². The molecule has 2 aliphatic heterocycles. The Bertz CT molecular complexity index is 801. The number of benzene rings is 1. The molecular weight excluding hydrogens is 308 g/mol. The monoisotopic (exact) mass is 338 g/mol. The van der Waals surface area contributed by atoms with E-state index in [1.165, 1.54) is 29.5 Å². The topological polar surface area (TPSA) is 33.4 Å². The van der Waals surface area contributed by atoms with Gasteiger partial charge < -0.3 is 4.90 Å². The highest BCUT2D eigenvalue weighted by Gasteiger charge is 2.33. The molecule has 134 valence electrons. The van der Waals surface area contributed by atoms with E-state index in [1.807, 2.05) is 0 Å². The molecule has 1 aromatic heterocycles. The van der Waals surface area contributed by atoms with Gasteiger partial charge in [-0.25, -0.2) is 0 Å². The average molecular weight is 338 g/mol. The van der Waals surface area contributed by atoms with Crippen LogP contribution in [0.4, 0.5) is 0 Å². The molecule has 0 N–H and O–H groups in total. The van der Waals surface area contributed by atoms with Gasteiger partial charge in [-0.15, -0.1) is 0 Å². The summed E-state index contributed by atoms with van der Waals surface area (Å²) in [5.41, 5.74) is 3.86.